The highest BCUT2D eigenvalue weighted by molar-refractivity contribution is 5.90. The average Bonchev–Trinajstić information content (AvgIpc) is 2.51. The summed E-state index contributed by atoms with van der Waals surface area (Å²) in [6.45, 7) is 2.15. The summed E-state index contributed by atoms with van der Waals surface area (Å²) in [5, 5.41) is 4.16. The second kappa shape index (κ2) is 4.77. The van der Waals surface area contributed by atoms with E-state index in [0.29, 0.717) is 24.0 Å². The van der Waals surface area contributed by atoms with Crippen LogP contribution in [0.2, 0.25) is 0 Å². The largest absolute Gasteiger partial charge is 0.461 e. The predicted octanol–water partition coefficient (Wildman–Crippen LogP) is 1.52. The van der Waals surface area contributed by atoms with Crippen LogP contribution in [0.15, 0.2) is 0 Å². The highest BCUT2D eigenvalue weighted by atomic mass is 16.5. The second-order valence-corrected chi connectivity index (χ2v) is 4.56. The molecule has 2 rings (SSSR count). The third-order valence-corrected chi connectivity index (χ3v) is 3.38. The Morgan fingerprint density at radius 3 is 2.82 bits per heavy atom. The highest BCUT2D eigenvalue weighted by Crippen LogP contribution is 2.32. The Labute approximate surface area is 101 Å². The van der Waals surface area contributed by atoms with Crippen LogP contribution in [0.4, 0.5) is 5.82 Å². The third kappa shape index (κ3) is 2.28. The van der Waals surface area contributed by atoms with Gasteiger partial charge in [0.05, 0.1) is 6.61 Å². The molecule has 0 unspecified atom stereocenters. The number of nitrogens with two attached hydrogens (primary N) is 1. The van der Waals surface area contributed by atoms with Gasteiger partial charge in [0.15, 0.2) is 5.69 Å². The maximum atomic E-state index is 11.8. The Bertz CT molecular complexity index is 422. The number of anilines is 1. The van der Waals surface area contributed by atoms with Gasteiger partial charge in [-0.3, -0.25) is 4.68 Å². The van der Waals surface area contributed by atoms with Gasteiger partial charge < -0.3 is 10.5 Å². The molecule has 0 radical (unpaired) electrons. The topological polar surface area (TPSA) is 70.1 Å². The Hall–Kier alpha value is -1.52. The molecule has 0 aliphatic heterocycles. The van der Waals surface area contributed by atoms with E-state index >= 15 is 0 Å². The van der Waals surface area contributed by atoms with Gasteiger partial charge in [0, 0.05) is 12.6 Å². The SMILES string of the molecule is CCOC(=O)c1nn(C)c(N)c1CC1CCC1. The lowest BCUT2D eigenvalue weighted by Gasteiger charge is -2.25. The molecule has 1 aliphatic carbocycles. The lowest BCUT2D eigenvalue weighted by molar-refractivity contribution is 0.0517. The molecule has 5 heteroatoms. The fourth-order valence-corrected chi connectivity index (χ4v) is 2.13. The van der Waals surface area contributed by atoms with Crippen molar-refractivity contribution in [2.75, 3.05) is 12.3 Å². The number of nitrogen functional groups attached to an aromatic ring is 1. The van der Waals surface area contributed by atoms with Crippen molar-refractivity contribution in [3.05, 3.63) is 11.3 Å². The van der Waals surface area contributed by atoms with Gasteiger partial charge in [-0.25, -0.2) is 4.79 Å². The summed E-state index contributed by atoms with van der Waals surface area (Å²) in [7, 11) is 1.75. The minimum Gasteiger partial charge on any atom is -0.461 e. The smallest absolute Gasteiger partial charge is 0.359 e. The Balaban J connectivity index is 2.23. The molecule has 2 N–H and O–H groups in total. The highest BCUT2D eigenvalue weighted by Gasteiger charge is 2.26. The number of carbonyl (C=O) groups excluding carboxylic acids is 1. The average molecular weight is 237 g/mol. The molecule has 94 valence electrons. The van der Waals surface area contributed by atoms with E-state index in [9.17, 15) is 4.79 Å². The van der Waals surface area contributed by atoms with E-state index in [-0.39, 0.29) is 5.97 Å². The number of rotatable bonds is 4. The van der Waals surface area contributed by atoms with E-state index in [1.54, 1.807) is 18.7 Å². The minimum absolute atomic E-state index is 0.359. The molecule has 0 saturated heterocycles. The minimum atomic E-state index is -0.367. The number of aryl methyl sites for hydroxylation is 1. The van der Waals surface area contributed by atoms with Gasteiger partial charge in [0.25, 0.3) is 0 Å². The van der Waals surface area contributed by atoms with Crippen molar-refractivity contribution >= 4 is 11.8 Å². The zero-order valence-corrected chi connectivity index (χ0v) is 10.4. The monoisotopic (exact) mass is 237 g/mol. The van der Waals surface area contributed by atoms with Crippen LogP contribution in [-0.2, 0) is 18.2 Å². The predicted molar refractivity (Wildman–Crippen MR) is 64.6 cm³/mol. The van der Waals surface area contributed by atoms with Crippen molar-refractivity contribution in [2.45, 2.75) is 32.6 Å². The van der Waals surface area contributed by atoms with Crippen LogP contribution in [-0.4, -0.2) is 22.4 Å². The van der Waals surface area contributed by atoms with Gasteiger partial charge in [0.1, 0.15) is 5.82 Å². The molecule has 0 spiro atoms. The zero-order chi connectivity index (χ0) is 12.4. The van der Waals surface area contributed by atoms with E-state index < -0.39 is 0 Å². The summed E-state index contributed by atoms with van der Waals surface area (Å²) in [5.41, 5.74) is 7.20. The van der Waals surface area contributed by atoms with E-state index in [2.05, 4.69) is 5.10 Å². The number of nitrogens with zero attached hydrogens (tertiary/aromatic N) is 2. The summed E-state index contributed by atoms with van der Waals surface area (Å²) >= 11 is 0. The number of aromatic nitrogens is 2. The summed E-state index contributed by atoms with van der Waals surface area (Å²) in [6, 6.07) is 0. The van der Waals surface area contributed by atoms with Crippen molar-refractivity contribution in [3.63, 3.8) is 0 Å². The fraction of sp³-hybridized carbons (Fsp3) is 0.667. The Morgan fingerprint density at radius 1 is 1.59 bits per heavy atom. The molecule has 1 aromatic heterocycles. The Kier molecular flexibility index (Phi) is 3.36. The second-order valence-electron chi connectivity index (χ2n) is 4.56. The van der Waals surface area contributed by atoms with Crippen molar-refractivity contribution in [1.82, 2.24) is 9.78 Å². The van der Waals surface area contributed by atoms with Gasteiger partial charge in [0.2, 0.25) is 0 Å². The van der Waals surface area contributed by atoms with Crippen molar-refractivity contribution in [3.8, 4) is 0 Å². The molecule has 1 aliphatic rings. The van der Waals surface area contributed by atoms with Crippen LogP contribution in [0, 0.1) is 5.92 Å². The van der Waals surface area contributed by atoms with Gasteiger partial charge in [-0.2, -0.15) is 5.10 Å². The quantitative estimate of drug-likeness (QED) is 0.806. The number of ether oxygens (including phenoxy) is 1. The molecule has 0 aromatic carbocycles. The van der Waals surface area contributed by atoms with Crippen molar-refractivity contribution < 1.29 is 9.53 Å². The first kappa shape index (κ1) is 12.0. The van der Waals surface area contributed by atoms with Gasteiger partial charge in [-0.05, 0) is 19.3 Å². The van der Waals surface area contributed by atoms with Crippen LogP contribution >= 0.6 is 0 Å². The van der Waals surface area contributed by atoms with Gasteiger partial charge >= 0.3 is 5.97 Å². The van der Waals surface area contributed by atoms with E-state index in [4.69, 9.17) is 10.5 Å². The molecule has 0 atom stereocenters. The Morgan fingerprint density at radius 2 is 2.29 bits per heavy atom. The zero-order valence-electron chi connectivity index (χ0n) is 10.4. The number of esters is 1. The maximum Gasteiger partial charge on any atom is 0.359 e. The molecular weight excluding hydrogens is 218 g/mol. The molecule has 0 bridgehead atoms. The van der Waals surface area contributed by atoms with Crippen LogP contribution in [0.25, 0.3) is 0 Å². The lowest BCUT2D eigenvalue weighted by atomic mass is 9.81. The standard InChI is InChI=1S/C12H19N3O2/c1-3-17-12(16)10-9(7-8-5-4-6-8)11(13)15(2)14-10/h8H,3-7,13H2,1-2H3. The summed E-state index contributed by atoms with van der Waals surface area (Å²) < 4.78 is 6.56. The number of hydrogen-bond donors (Lipinski definition) is 1. The van der Waals surface area contributed by atoms with Crippen molar-refractivity contribution in [1.29, 1.82) is 0 Å². The molecular formula is C12H19N3O2. The first-order valence-corrected chi connectivity index (χ1v) is 6.12. The number of hydrogen-bond acceptors (Lipinski definition) is 4. The third-order valence-electron chi connectivity index (χ3n) is 3.38. The lowest BCUT2D eigenvalue weighted by Crippen LogP contribution is -2.17. The maximum absolute atomic E-state index is 11.8. The van der Waals surface area contributed by atoms with Gasteiger partial charge in [-0.15, -0.1) is 0 Å². The van der Waals surface area contributed by atoms with Crippen LogP contribution in [0.1, 0.15) is 42.2 Å². The molecule has 17 heavy (non-hydrogen) atoms. The fourth-order valence-electron chi connectivity index (χ4n) is 2.13. The molecule has 1 fully saturated rings. The van der Waals surface area contributed by atoms with E-state index in [0.717, 1.165) is 12.0 Å². The van der Waals surface area contributed by atoms with Crippen LogP contribution < -0.4 is 5.73 Å². The number of carbonyl (C=O) groups is 1. The van der Waals surface area contributed by atoms with E-state index in [1.807, 2.05) is 0 Å². The first-order valence-electron chi connectivity index (χ1n) is 6.12. The van der Waals surface area contributed by atoms with Gasteiger partial charge in [-0.1, -0.05) is 19.3 Å². The molecule has 1 aromatic rings. The molecule has 0 amide bonds. The van der Waals surface area contributed by atoms with Crippen LogP contribution in [0.3, 0.4) is 0 Å². The van der Waals surface area contributed by atoms with Crippen LogP contribution in [0.5, 0.6) is 0 Å². The molecule has 1 saturated carbocycles. The van der Waals surface area contributed by atoms with E-state index in [1.165, 1.54) is 19.3 Å². The summed E-state index contributed by atoms with van der Waals surface area (Å²) in [6.07, 6.45) is 4.56. The normalized spacial score (nSPS) is 15.6. The molecule has 1 heterocycles. The summed E-state index contributed by atoms with van der Waals surface area (Å²) in [5.74, 6) is 0.865. The molecule has 5 nitrogen and oxygen atoms in total. The summed E-state index contributed by atoms with van der Waals surface area (Å²) in [4.78, 5) is 11.8. The first-order chi connectivity index (χ1) is 8.13. The van der Waals surface area contributed by atoms with Crippen molar-refractivity contribution in [2.24, 2.45) is 13.0 Å².